The second-order valence-electron chi connectivity index (χ2n) is 5.26. The molecule has 2 aromatic rings. The minimum absolute atomic E-state index is 0.0822. The van der Waals surface area contributed by atoms with Gasteiger partial charge < -0.3 is 14.6 Å². The van der Waals surface area contributed by atoms with Crippen molar-refractivity contribution in [2.75, 3.05) is 13.2 Å². The largest absolute Gasteiger partial charge is 0.490 e. The number of aromatic nitrogens is 3. The van der Waals surface area contributed by atoms with Gasteiger partial charge in [0.05, 0.1) is 31.2 Å². The van der Waals surface area contributed by atoms with Gasteiger partial charge in [-0.2, -0.15) is 0 Å². The first-order valence-electron chi connectivity index (χ1n) is 7.73. The van der Waals surface area contributed by atoms with E-state index in [9.17, 15) is 5.11 Å². The Bertz CT molecular complexity index is 650. The first kappa shape index (κ1) is 14.8. The van der Waals surface area contributed by atoms with Crippen molar-refractivity contribution < 1.29 is 14.6 Å². The van der Waals surface area contributed by atoms with Crippen molar-refractivity contribution in [3.05, 3.63) is 29.6 Å². The predicted octanol–water partition coefficient (Wildman–Crippen LogP) is 2.43. The molecular formula is C16H21N3O3. The third-order valence-electron chi connectivity index (χ3n) is 3.66. The zero-order valence-electron chi connectivity index (χ0n) is 13.0. The molecule has 1 aliphatic rings. The van der Waals surface area contributed by atoms with Crippen molar-refractivity contribution in [2.24, 2.45) is 0 Å². The fraction of sp³-hybridized carbons (Fsp3) is 0.500. The van der Waals surface area contributed by atoms with E-state index in [1.165, 1.54) is 0 Å². The van der Waals surface area contributed by atoms with Gasteiger partial charge in [-0.05, 0) is 38.8 Å². The lowest BCUT2D eigenvalue weighted by molar-refractivity contribution is 0.275. The Morgan fingerprint density at radius 2 is 1.91 bits per heavy atom. The topological polar surface area (TPSA) is 69.4 Å². The van der Waals surface area contributed by atoms with Crippen molar-refractivity contribution in [1.29, 1.82) is 0 Å². The van der Waals surface area contributed by atoms with Gasteiger partial charge >= 0.3 is 0 Å². The quantitative estimate of drug-likeness (QED) is 0.850. The highest BCUT2D eigenvalue weighted by Gasteiger charge is 2.31. The number of benzene rings is 1. The normalized spacial score (nSPS) is 14.1. The molecule has 1 heterocycles. The van der Waals surface area contributed by atoms with Crippen molar-refractivity contribution in [3.8, 4) is 17.2 Å². The highest BCUT2D eigenvalue weighted by Crippen LogP contribution is 2.42. The van der Waals surface area contributed by atoms with Gasteiger partial charge in [-0.15, -0.1) is 5.10 Å². The van der Waals surface area contributed by atoms with Crippen LogP contribution in [0.1, 0.15) is 44.0 Å². The third kappa shape index (κ3) is 2.78. The van der Waals surface area contributed by atoms with E-state index in [2.05, 4.69) is 10.3 Å². The van der Waals surface area contributed by atoms with Gasteiger partial charge in [-0.25, -0.2) is 4.68 Å². The highest BCUT2D eigenvalue weighted by atomic mass is 16.5. The summed E-state index contributed by atoms with van der Waals surface area (Å²) in [6.07, 6.45) is 2.24. The van der Waals surface area contributed by atoms with Crippen LogP contribution in [-0.4, -0.2) is 33.3 Å². The van der Waals surface area contributed by atoms with Crippen LogP contribution in [0.15, 0.2) is 18.2 Å². The van der Waals surface area contributed by atoms with E-state index in [1.807, 2.05) is 36.7 Å². The Hall–Kier alpha value is -2.08. The summed E-state index contributed by atoms with van der Waals surface area (Å²) in [5.74, 6) is 1.87. The molecule has 0 bridgehead atoms. The summed E-state index contributed by atoms with van der Waals surface area (Å²) < 4.78 is 13.1. The molecule has 0 spiro atoms. The Morgan fingerprint density at radius 1 is 1.18 bits per heavy atom. The van der Waals surface area contributed by atoms with E-state index in [-0.39, 0.29) is 6.61 Å². The van der Waals surface area contributed by atoms with E-state index >= 15 is 0 Å². The Kier molecular flexibility index (Phi) is 4.29. The Balaban J connectivity index is 2.01. The van der Waals surface area contributed by atoms with Gasteiger partial charge in [-0.1, -0.05) is 5.21 Å². The molecule has 0 amide bonds. The first-order chi connectivity index (χ1) is 10.8. The predicted molar refractivity (Wildman–Crippen MR) is 81.6 cm³/mol. The second-order valence-corrected chi connectivity index (χ2v) is 5.26. The molecule has 118 valence electrons. The van der Waals surface area contributed by atoms with Gasteiger partial charge in [0.2, 0.25) is 0 Å². The molecule has 0 saturated heterocycles. The van der Waals surface area contributed by atoms with E-state index in [1.54, 1.807) is 0 Å². The lowest BCUT2D eigenvalue weighted by Crippen LogP contribution is -2.05. The van der Waals surface area contributed by atoms with Crippen molar-refractivity contribution in [3.63, 3.8) is 0 Å². The molecule has 1 aromatic carbocycles. The average molecular weight is 303 g/mol. The molecule has 0 atom stereocenters. The summed E-state index contributed by atoms with van der Waals surface area (Å²) >= 11 is 0. The summed E-state index contributed by atoms with van der Waals surface area (Å²) in [7, 11) is 0. The summed E-state index contributed by atoms with van der Waals surface area (Å²) in [6.45, 7) is 4.96. The zero-order chi connectivity index (χ0) is 15.5. The number of aliphatic hydroxyl groups is 1. The minimum atomic E-state index is -0.0822. The number of ether oxygens (including phenoxy) is 2. The fourth-order valence-electron chi connectivity index (χ4n) is 2.56. The summed E-state index contributed by atoms with van der Waals surface area (Å²) in [5, 5.41) is 17.8. The first-order valence-corrected chi connectivity index (χ1v) is 7.73. The van der Waals surface area contributed by atoms with Crippen LogP contribution in [0.4, 0.5) is 0 Å². The number of nitrogens with zero attached hydrogens (tertiary/aromatic N) is 3. The molecule has 6 nitrogen and oxygen atoms in total. The van der Waals surface area contributed by atoms with E-state index in [4.69, 9.17) is 9.47 Å². The van der Waals surface area contributed by atoms with Gasteiger partial charge in [0.25, 0.3) is 0 Å². The van der Waals surface area contributed by atoms with Gasteiger partial charge in [0, 0.05) is 12.0 Å². The molecule has 1 N–H and O–H groups in total. The molecule has 0 unspecified atom stereocenters. The number of rotatable bonds is 7. The molecular weight excluding hydrogens is 282 g/mol. The maximum absolute atomic E-state index is 9.45. The summed E-state index contributed by atoms with van der Waals surface area (Å²) in [5.41, 5.74) is 2.55. The van der Waals surface area contributed by atoms with Crippen LogP contribution in [-0.2, 0) is 6.61 Å². The molecule has 1 fully saturated rings. The lowest BCUT2D eigenvalue weighted by Gasteiger charge is -2.13. The van der Waals surface area contributed by atoms with Crippen LogP contribution in [0, 0.1) is 0 Å². The maximum atomic E-state index is 9.45. The molecule has 1 aromatic heterocycles. The van der Waals surface area contributed by atoms with Crippen LogP contribution in [0.2, 0.25) is 0 Å². The number of hydrogen-bond donors (Lipinski definition) is 1. The molecule has 3 rings (SSSR count). The summed E-state index contributed by atoms with van der Waals surface area (Å²) in [4.78, 5) is 0. The van der Waals surface area contributed by atoms with Crippen LogP contribution < -0.4 is 9.47 Å². The smallest absolute Gasteiger partial charge is 0.163 e. The van der Waals surface area contributed by atoms with E-state index < -0.39 is 0 Å². The monoisotopic (exact) mass is 303 g/mol. The van der Waals surface area contributed by atoms with Crippen molar-refractivity contribution in [1.82, 2.24) is 15.0 Å². The number of aliphatic hydroxyl groups excluding tert-OH is 1. The third-order valence-corrected chi connectivity index (χ3v) is 3.66. The lowest BCUT2D eigenvalue weighted by atomic mass is 10.2. The fourth-order valence-corrected chi connectivity index (χ4v) is 2.56. The summed E-state index contributed by atoms with van der Waals surface area (Å²) in [6, 6.07) is 5.74. The standard InChI is InChI=1S/C16H21N3O3/c1-3-21-14-8-7-12(9-15(14)22-4-2)19-16(11-5-6-11)13(10-20)17-18-19/h7-9,11,20H,3-6,10H2,1-2H3. The van der Waals surface area contributed by atoms with Crippen molar-refractivity contribution >= 4 is 0 Å². The zero-order valence-corrected chi connectivity index (χ0v) is 13.0. The van der Waals surface area contributed by atoms with Crippen LogP contribution in [0.25, 0.3) is 5.69 Å². The van der Waals surface area contributed by atoms with Gasteiger partial charge in [-0.3, -0.25) is 0 Å². The van der Waals surface area contributed by atoms with E-state index in [0.29, 0.717) is 30.6 Å². The average Bonchev–Trinajstić information content (AvgIpc) is 3.28. The van der Waals surface area contributed by atoms with Gasteiger partial charge in [0.15, 0.2) is 11.5 Å². The second kappa shape index (κ2) is 6.36. The Labute approximate surface area is 129 Å². The van der Waals surface area contributed by atoms with Crippen LogP contribution in [0.3, 0.4) is 0 Å². The number of hydrogen-bond acceptors (Lipinski definition) is 5. The minimum Gasteiger partial charge on any atom is -0.490 e. The molecule has 0 aliphatic heterocycles. The highest BCUT2D eigenvalue weighted by molar-refractivity contribution is 5.49. The molecule has 0 radical (unpaired) electrons. The SMILES string of the molecule is CCOc1ccc(-n2nnc(CO)c2C2CC2)cc1OCC. The molecule has 1 saturated carbocycles. The van der Waals surface area contributed by atoms with Gasteiger partial charge in [0.1, 0.15) is 5.69 Å². The molecule has 22 heavy (non-hydrogen) atoms. The van der Waals surface area contributed by atoms with Crippen molar-refractivity contribution in [2.45, 2.75) is 39.2 Å². The molecule has 6 heteroatoms. The maximum Gasteiger partial charge on any atom is 0.163 e. The van der Waals surface area contributed by atoms with Crippen LogP contribution >= 0.6 is 0 Å². The molecule has 1 aliphatic carbocycles. The Morgan fingerprint density at radius 3 is 2.55 bits per heavy atom. The van der Waals surface area contributed by atoms with E-state index in [0.717, 1.165) is 30.0 Å². The van der Waals surface area contributed by atoms with Crippen LogP contribution in [0.5, 0.6) is 11.5 Å².